The van der Waals surface area contributed by atoms with Crippen molar-refractivity contribution in [2.24, 2.45) is 11.8 Å². The van der Waals surface area contributed by atoms with Crippen LogP contribution < -0.4 is 25.1 Å². The summed E-state index contributed by atoms with van der Waals surface area (Å²) in [6.07, 6.45) is 4.62. The molecule has 4 atom stereocenters. The van der Waals surface area contributed by atoms with Gasteiger partial charge >= 0.3 is 0 Å². The fourth-order valence-electron chi connectivity index (χ4n) is 4.49. The lowest BCUT2D eigenvalue weighted by Crippen LogP contribution is -2.35. The number of allylic oxidation sites excluding steroid dienone is 1. The molecule has 1 aliphatic heterocycles. The maximum atomic E-state index is 12.2. The van der Waals surface area contributed by atoms with Gasteiger partial charge in [-0.1, -0.05) is 6.08 Å². The number of nitrogens with zero attached hydrogens (tertiary/aromatic N) is 2. The first-order valence-electron chi connectivity index (χ1n) is 10.1. The quantitative estimate of drug-likeness (QED) is 0.544. The molecule has 1 aromatic carbocycles. The first-order valence-corrected chi connectivity index (χ1v) is 10.1. The smallest absolute Gasteiger partial charge is 0.263 e. The zero-order chi connectivity index (χ0) is 21.8. The predicted molar refractivity (Wildman–Crippen MR) is 112 cm³/mol. The number of carbonyl (C=O) groups is 1. The molecule has 1 saturated carbocycles. The molecule has 1 aromatic rings. The Labute approximate surface area is 177 Å². The van der Waals surface area contributed by atoms with Crippen LogP contribution in [-0.4, -0.2) is 52.3 Å². The van der Waals surface area contributed by atoms with Gasteiger partial charge in [0.25, 0.3) is 5.91 Å². The summed E-state index contributed by atoms with van der Waals surface area (Å²) in [6.45, 7) is 0. The molecule has 2 aliphatic rings. The first kappa shape index (κ1) is 21.9. The van der Waals surface area contributed by atoms with E-state index in [4.69, 9.17) is 14.2 Å². The molecule has 1 heterocycles. The highest BCUT2D eigenvalue weighted by molar-refractivity contribution is 5.96. The fraction of sp³-hybridized carbons (Fsp3) is 0.545. The van der Waals surface area contributed by atoms with Gasteiger partial charge in [-0.25, -0.2) is 5.43 Å². The van der Waals surface area contributed by atoms with Gasteiger partial charge < -0.3 is 19.1 Å². The summed E-state index contributed by atoms with van der Waals surface area (Å²) in [5.41, 5.74) is 8.09. The Balaban J connectivity index is 1.86. The third-order valence-electron chi connectivity index (χ3n) is 6.00. The van der Waals surface area contributed by atoms with E-state index < -0.39 is 0 Å². The molecule has 1 amide bonds. The summed E-state index contributed by atoms with van der Waals surface area (Å²) in [7, 11) is 8.13. The molecular formula is C22H30N4O4. The van der Waals surface area contributed by atoms with E-state index >= 15 is 0 Å². The number of nitrogens with one attached hydrogen (secondary N) is 2. The molecule has 2 N–H and O–H groups in total. The van der Waals surface area contributed by atoms with E-state index in [1.807, 2.05) is 18.2 Å². The van der Waals surface area contributed by atoms with Gasteiger partial charge in [-0.15, -0.1) is 0 Å². The lowest BCUT2D eigenvalue weighted by Gasteiger charge is -2.32. The molecule has 4 unspecified atom stereocenters. The maximum absolute atomic E-state index is 12.2. The molecule has 0 bridgehead atoms. The van der Waals surface area contributed by atoms with Crippen LogP contribution in [0.1, 0.15) is 30.9 Å². The number of hydrogen-bond donors (Lipinski definition) is 2. The van der Waals surface area contributed by atoms with Crippen molar-refractivity contribution in [1.82, 2.24) is 15.8 Å². The van der Waals surface area contributed by atoms with Crippen molar-refractivity contribution in [3.8, 4) is 23.3 Å². The molecule has 0 aromatic heterocycles. The Hall–Kier alpha value is -2.76. The number of amides is 1. The topological polar surface area (TPSA) is 95.9 Å². The van der Waals surface area contributed by atoms with Crippen LogP contribution in [-0.2, 0) is 4.79 Å². The van der Waals surface area contributed by atoms with E-state index in [1.165, 1.54) is 4.90 Å². The van der Waals surface area contributed by atoms with Gasteiger partial charge in [0.15, 0.2) is 11.5 Å². The monoisotopic (exact) mass is 414 g/mol. The Bertz CT molecular complexity index is 836. The van der Waals surface area contributed by atoms with E-state index in [2.05, 4.69) is 16.9 Å². The second-order valence-corrected chi connectivity index (χ2v) is 7.96. The lowest BCUT2D eigenvalue weighted by molar-refractivity contribution is -0.124. The van der Waals surface area contributed by atoms with Gasteiger partial charge in [-0.05, 0) is 48.8 Å². The SMILES string of the molecule is COc1cc(C2NNC3CCC(/C=C(\C#N)C(=O)N(C)C)CC32)cc(OC)c1OC. The highest BCUT2D eigenvalue weighted by Gasteiger charge is 2.41. The van der Waals surface area contributed by atoms with Crippen LogP contribution in [0.5, 0.6) is 17.2 Å². The van der Waals surface area contributed by atoms with Gasteiger partial charge in [-0.2, -0.15) is 5.26 Å². The number of benzene rings is 1. The second-order valence-electron chi connectivity index (χ2n) is 7.96. The normalized spacial score (nSPS) is 25.8. The summed E-state index contributed by atoms with van der Waals surface area (Å²) in [4.78, 5) is 13.7. The van der Waals surface area contributed by atoms with Crippen molar-refractivity contribution >= 4 is 5.91 Å². The van der Waals surface area contributed by atoms with Crippen molar-refractivity contribution in [2.45, 2.75) is 31.3 Å². The van der Waals surface area contributed by atoms with Gasteiger partial charge in [0, 0.05) is 20.1 Å². The number of fused-ring (bicyclic) bond motifs is 1. The van der Waals surface area contributed by atoms with Crippen LogP contribution in [0.3, 0.4) is 0 Å². The second kappa shape index (κ2) is 9.37. The zero-order valence-electron chi connectivity index (χ0n) is 18.2. The van der Waals surface area contributed by atoms with E-state index in [1.54, 1.807) is 35.4 Å². The van der Waals surface area contributed by atoms with E-state index in [-0.39, 0.29) is 23.4 Å². The predicted octanol–water partition coefficient (Wildman–Crippen LogP) is 2.18. The number of methoxy groups -OCH3 is 3. The summed E-state index contributed by atoms with van der Waals surface area (Å²) in [5.74, 6) is 2.04. The largest absolute Gasteiger partial charge is 0.493 e. The highest BCUT2D eigenvalue weighted by atomic mass is 16.5. The van der Waals surface area contributed by atoms with Gasteiger partial charge in [0.2, 0.25) is 5.75 Å². The Morgan fingerprint density at radius 1 is 1.13 bits per heavy atom. The molecule has 1 aliphatic carbocycles. The van der Waals surface area contributed by atoms with Crippen LogP contribution in [0, 0.1) is 23.2 Å². The molecule has 162 valence electrons. The van der Waals surface area contributed by atoms with E-state index in [0.29, 0.717) is 29.2 Å². The Morgan fingerprint density at radius 2 is 1.80 bits per heavy atom. The summed E-state index contributed by atoms with van der Waals surface area (Å²) in [6, 6.07) is 6.39. The lowest BCUT2D eigenvalue weighted by atomic mass is 9.74. The number of carbonyl (C=O) groups excluding carboxylic acids is 1. The molecule has 8 nitrogen and oxygen atoms in total. The maximum Gasteiger partial charge on any atom is 0.263 e. The molecule has 30 heavy (non-hydrogen) atoms. The van der Waals surface area contributed by atoms with E-state index in [0.717, 1.165) is 24.8 Å². The fourth-order valence-corrected chi connectivity index (χ4v) is 4.49. The molecule has 2 fully saturated rings. The average molecular weight is 415 g/mol. The molecule has 8 heteroatoms. The Kier molecular flexibility index (Phi) is 6.85. The summed E-state index contributed by atoms with van der Waals surface area (Å²) >= 11 is 0. The molecule has 3 rings (SSSR count). The number of likely N-dealkylation sites (N-methyl/N-ethyl adjacent to an activating group) is 1. The van der Waals surface area contributed by atoms with Crippen LogP contribution in [0.25, 0.3) is 0 Å². The summed E-state index contributed by atoms with van der Waals surface area (Å²) < 4.78 is 16.5. The van der Waals surface area contributed by atoms with Gasteiger partial charge in [0.05, 0.1) is 27.4 Å². The standard InChI is InChI=1S/C22H30N4O4/c1-26(2)22(27)15(12-23)8-13-6-7-17-16(9-13)20(25-24-17)14-10-18(28-3)21(30-5)19(11-14)29-4/h8,10-11,13,16-17,20,24-25H,6-7,9H2,1-5H3/b15-8+. The average Bonchev–Trinajstić information content (AvgIpc) is 3.18. The number of nitriles is 1. The highest BCUT2D eigenvalue weighted by Crippen LogP contribution is 2.45. The molecular weight excluding hydrogens is 384 g/mol. The van der Waals surface area contributed by atoms with Gasteiger partial charge in [-0.3, -0.25) is 10.2 Å². The van der Waals surface area contributed by atoms with Crippen LogP contribution in [0.4, 0.5) is 0 Å². The minimum absolute atomic E-state index is 0.0509. The number of ether oxygens (including phenoxy) is 3. The van der Waals surface area contributed by atoms with Gasteiger partial charge in [0.1, 0.15) is 11.6 Å². The molecule has 0 spiro atoms. The zero-order valence-corrected chi connectivity index (χ0v) is 18.2. The van der Waals surface area contributed by atoms with Crippen LogP contribution in [0.15, 0.2) is 23.8 Å². The molecule has 0 radical (unpaired) electrons. The molecule has 1 saturated heterocycles. The number of hydrogen-bond acceptors (Lipinski definition) is 7. The van der Waals surface area contributed by atoms with E-state index in [9.17, 15) is 10.1 Å². The van der Waals surface area contributed by atoms with Crippen LogP contribution in [0.2, 0.25) is 0 Å². The van der Waals surface area contributed by atoms with Crippen molar-refractivity contribution < 1.29 is 19.0 Å². The third kappa shape index (κ3) is 4.23. The van der Waals surface area contributed by atoms with Crippen molar-refractivity contribution in [1.29, 1.82) is 5.26 Å². The Morgan fingerprint density at radius 3 is 2.33 bits per heavy atom. The number of hydrazine groups is 1. The number of rotatable bonds is 6. The first-order chi connectivity index (χ1) is 14.4. The minimum Gasteiger partial charge on any atom is -0.493 e. The van der Waals surface area contributed by atoms with Crippen LogP contribution >= 0.6 is 0 Å². The summed E-state index contributed by atoms with van der Waals surface area (Å²) in [5, 5.41) is 9.43. The van der Waals surface area contributed by atoms with Crippen molar-refractivity contribution in [2.75, 3.05) is 35.4 Å². The minimum atomic E-state index is -0.247. The van der Waals surface area contributed by atoms with Crippen molar-refractivity contribution in [3.63, 3.8) is 0 Å². The van der Waals surface area contributed by atoms with Crippen molar-refractivity contribution in [3.05, 3.63) is 29.3 Å². The third-order valence-corrected chi connectivity index (χ3v) is 6.00.